The van der Waals surface area contributed by atoms with Crippen LogP contribution in [0.1, 0.15) is 50.2 Å². The number of carbonyl (C=O) groups excluding carboxylic acids is 2. The van der Waals surface area contributed by atoms with Crippen molar-refractivity contribution in [2.24, 2.45) is 0 Å². The van der Waals surface area contributed by atoms with Crippen LogP contribution in [0.2, 0.25) is 0 Å². The number of Topliss-reactive ketones (excluding diaryl/α,β-unsaturated/α-hetero) is 1. The second-order valence-electron chi connectivity index (χ2n) is 5.17. The highest BCUT2D eigenvalue weighted by molar-refractivity contribution is 5.82. The molecule has 4 heteroatoms. The van der Waals surface area contributed by atoms with Crippen molar-refractivity contribution in [3.63, 3.8) is 0 Å². The van der Waals surface area contributed by atoms with Crippen LogP contribution in [0.25, 0.3) is 0 Å². The molecule has 0 saturated carbocycles. The molecule has 1 N–H and O–H groups in total. The second kappa shape index (κ2) is 7.20. The highest BCUT2D eigenvalue weighted by atomic mass is 16.5. The van der Waals surface area contributed by atoms with E-state index in [0.717, 1.165) is 24.8 Å². The minimum atomic E-state index is -1.06. The molecule has 108 valence electrons. The molecule has 20 heavy (non-hydrogen) atoms. The van der Waals surface area contributed by atoms with Crippen LogP contribution < -0.4 is 0 Å². The van der Waals surface area contributed by atoms with Gasteiger partial charge < -0.3 is 9.84 Å². The van der Waals surface area contributed by atoms with Gasteiger partial charge in [-0.25, -0.2) is 0 Å². The fraction of sp³-hybridized carbons (Fsp3) is 0.500. The quantitative estimate of drug-likeness (QED) is 0.801. The van der Waals surface area contributed by atoms with E-state index in [2.05, 4.69) is 0 Å². The minimum Gasteiger partial charge on any atom is -0.457 e. The summed E-state index contributed by atoms with van der Waals surface area (Å²) in [7, 11) is 0. The van der Waals surface area contributed by atoms with E-state index < -0.39 is 12.2 Å². The third-order valence-corrected chi connectivity index (χ3v) is 3.56. The number of ether oxygens (including phenoxy) is 1. The van der Waals surface area contributed by atoms with Gasteiger partial charge in [-0.2, -0.15) is 0 Å². The number of hydrogen-bond donors (Lipinski definition) is 1. The van der Waals surface area contributed by atoms with Gasteiger partial charge in [0.05, 0.1) is 0 Å². The number of ketones is 1. The molecule has 0 aromatic heterocycles. The lowest BCUT2D eigenvalue weighted by atomic mass is 9.99. The lowest BCUT2D eigenvalue weighted by Crippen LogP contribution is -2.24. The molecule has 0 amide bonds. The fourth-order valence-corrected chi connectivity index (χ4v) is 2.38. The molecule has 0 radical (unpaired) electrons. The average Bonchev–Trinajstić information content (AvgIpc) is 2.48. The molecule has 1 fully saturated rings. The number of cyclic esters (lactones) is 1. The summed E-state index contributed by atoms with van der Waals surface area (Å²) >= 11 is 0. The second-order valence-corrected chi connectivity index (χ2v) is 5.17. The molecule has 0 bridgehead atoms. The molecule has 1 aliphatic heterocycles. The van der Waals surface area contributed by atoms with Gasteiger partial charge in [0.2, 0.25) is 0 Å². The maximum Gasteiger partial charge on any atom is 0.306 e. The van der Waals surface area contributed by atoms with E-state index in [9.17, 15) is 14.7 Å². The SMILES string of the molecule is O=C1CCCCCC(=O)[C@H](O)C[C@H](c2ccccc2)O1. The smallest absolute Gasteiger partial charge is 0.306 e. The van der Waals surface area contributed by atoms with Crippen LogP contribution in [0.3, 0.4) is 0 Å². The van der Waals surface area contributed by atoms with Crippen LogP contribution >= 0.6 is 0 Å². The molecule has 1 saturated heterocycles. The summed E-state index contributed by atoms with van der Waals surface area (Å²) in [6, 6.07) is 9.26. The summed E-state index contributed by atoms with van der Waals surface area (Å²) < 4.78 is 5.44. The predicted octanol–water partition coefficient (Wildman–Crippen LogP) is 2.56. The van der Waals surface area contributed by atoms with Crippen LogP contribution in [-0.2, 0) is 14.3 Å². The molecular weight excluding hydrogens is 256 g/mol. The van der Waals surface area contributed by atoms with Crippen molar-refractivity contribution >= 4 is 11.8 Å². The molecule has 1 heterocycles. The van der Waals surface area contributed by atoms with Crippen LogP contribution in [0.5, 0.6) is 0 Å². The minimum absolute atomic E-state index is 0.134. The summed E-state index contributed by atoms with van der Waals surface area (Å²) in [5.74, 6) is -0.427. The van der Waals surface area contributed by atoms with Crippen molar-refractivity contribution in [1.82, 2.24) is 0 Å². The van der Waals surface area contributed by atoms with Crippen LogP contribution in [-0.4, -0.2) is 23.0 Å². The standard InChI is InChI=1S/C16H20O4/c17-13-9-5-2-6-10-16(19)20-15(11-14(13)18)12-7-3-1-4-8-12/h1,3-4,7-8,14-15,18H,2,5-6,9-11H2/t14-,15-/m1/s1. The van der Waals surface area contributed by atoms with E-state index in [4.69, 9.17) is 4.74 Å². The molecular formula is C16H20O4. The highest BCUT2D eigenvalue weighted by Gasteiger charge is 2.25. The Morgan fingerprint density at radius 1 is 1.00 bits per heavy atom. The first-order chi connectivity index (χ1) is 9.66. The number of aliphatic hydroxyl groups is 1. The highest BCUT2D eigenvalue weighted by Crippen LogP contribution is 2.25. The number of carbonyl (C=O) groups is 2. The Labute approximate surface area is 118 Å². The van der Waals surface area contributed by atoms with Gasteiger partial charge in [-0.15, -0.1) is 0 Å². The molecule has 0 spiro atoms. The van der Waals surface area contributed by atoms with Gasteiger partial charge in [0.25, 0.3) is 0 Å². The van der Waals surface area contributed by atoms with Crippen molar-refractivity contribution in [3.8, 4) is 0 Å². The summed E-state index contributed by atoms with van der Waals surface area (Å²) in [6.45, 7) is 0. The Balaban J connectivity index is 2.16. The zero-order valence-electron chi connectivity index (χ0n) is 11.5. The maximum absolute atomic E-state index is 11.8. The maximum atomic E-state index is 11.8. The van der Waals surface area contributed by atoms with Crippen LogP contribution in [0, 0.1) is 0 Å². The van der Waals surface area contributed by atoms with E-state index in [1.807, 2.05) is 30.3 Å². The van der Waals surface area contributed by atoms with Crippen molar-refractivity contribution < 1.29 is 19.4 Å². The topological polar surface area (TPSA) is 63.6 Å². The van der Waals surface area contributed by atoms with Crippen LogP contribution in [0.4, 0.5) is 0 Å². The number of hydrogen-bond acceptors (Lipinski definition) is 4. The summed E-state index contributed by atoms with van der Waals surface area (Å²) in [4.78, 5) is 23.6. The van der Waals surface area contributed by atoms with Gasteiger partial charge in [-0.1, -0.05) is 36.8 Å². The molecule has 0 aliphatic carbocycles. The number of benzene rings is 1. The van der Waals surface area contributed by atoms with Gasteiger partial charge in [-0.3, -0.25) is 9.59 Å². The first-order valence-electron chi connectivity index (χ1n) is 7.12. The van der Waals surface area contributed by atoms with Gasteiger partial charge in [0, 0.05) is 19.3 Å². The lowest BCUT2D eigenvalue weighted by molar-refractivity contribution is -0.152. The Morgan fingerprint density at radius 3 is 2.45 bits per heavy atom. The lowest BCUT2D eigenvalue weighted by Gasteiger charge is -2.20. The number of aliphatic hydroxyl groups excluding tert-OH is 1. The predicted molar refractivity (Wildman–Crippen MR) is 74.0 cm³/mol. The fourth-order valence-electron chi connectivity index (χ4n) is 2.38. The molecule has 1 aromatic rings. The average molecular weight is 276 g/mol. The van der Waals surface area contributed by atoms with Gasteiger partial charge in [-0.05, 0) is 18.4 Å². The molecule has 1 aromatic carbocycles. The Bertz CT molecular complexity index is 455. The van der Waals surface area contributed by atoms with E-state index >= 15 is 0 Å². The van der Waals surface area contributed by atoms with E-state index in [1.165, 1.54) is 0 Å². The molecule has 1 aliphatic rings. The van der Waals surface area contributed by atoms with Crippen molar-refractivity contribution in [2.45, 2.75) is 50.7 Å². The summed E-state index contributed by atoms with van der Waals surface area (Å²) in [5, 5.41) is 9.97. The Morgan fingerprint density at radius 2 is 1.70 bits per heavy atom. The number of rotatable bonds is 1. The van der Waals surface area contributed by atoms with E-state index in [0.29, 0.717) is 12.8 Å². The third kappa shape index (κ3) is 4.17. The van der Waals surface area contributed by atoms with E-state index in [-0.39, 0.29) is 18.2 Å². The molecule has 2 atom stereocenters. The van der Waals surface area contributed by atoms with Gasteiger partial charge >= 0.3 is 5.97 Å². The summed E-state index contributed by atoms with van der Waals surface area (Å²) in [6.07, 6.45) is 1.51. The first kappa shape index (κ1) is 14.7. The van der Waals surface area contributed by atoms with Crippen molar-refractivity contribution in [2.75, 3.05) is 0 Å². The normalized spacial score (nSPS) is 25.6. The zero-order valence-corrected chi connectivity index (χ0v) is 11.5. The van der Waals surface area contributed by atoms with Gasteiger partial charge in [0.1, 0.15) is 12.2 Å². The summed E-state index contributed by atoms with van der Waals surface area (Å²) in [5.41, 5.74) is 0.812. The largest absolute Gasteiger partial charge is 0.457 e. The third-order valence-electron chi connectivity index (χ3n) is 3.56. The van der Waals surface area contributed by atoms with E-state index in [1.54, 1.807) is 0 Å². The number of esters is 1. The first-order valence-corrected chi connectivity index (χ1v) is 7.12. The molecule has 2 rings (SSSR count). The Kier molecular flexibility index (Phi) is 5.30. The molecule has 4 nitrogen and oxygen atoms in total. The zero-order chi connectivity index (χ0) is 14.4. The monoisotopic (exact) mass is 276 g/mol. The molecule has 0 unspecified atom stereocenters. The Hall–Kier alpha value is -1.68. The van der Waals surface area contributed by atoms with Gasteiger partial charge in [0.15, 0.2) is 5.78 Å². The van der Waals surface area contributed by atoms with Crippen molar-refractivity contribution in [1.29, 1.82) is 0 Å². The van der Waals surface area contributed by atoms with Crippen LogP contribution in [0.15, 0.2) is 30.3 Å². The van der Waals surface area contributed by atoms with Crippen molar-refractivity contribution in [3.05, 3.63) is 35.9 Å².